The van der Waals surface area contributed by atoms with Crippen molar-refractivity contribution >= 4 is 11.6 Å². The highest BCUT2D eigenvalue weighted by molar-refractivity contribution is 5.79. The van der Waals surface area contributed by atoms with E-state index in [1.54, 1.807) is 0 Å². The van der Waals surface area contributed by atoms with Gasteiger partial charge in [0.2, 0.25) is 5.91 Å². The summed E-state index contributed by atoms with van der Waals surface area (Å²) in [4.78, 5) is 21.0. The van der Waals surface area contributed by atoms with Gasteiger partial charge < -0.3 is 9.80 Å². The van der Waals surface area contributed by atoms with Gasteiger partial charge in [-0.1, -0.05) is 0 Å². The van der Waals surface area contributed by atoms with Crippen molar-refractivity contribution in [2.75, 3.05) is 31.1 Å². The molecular weight excluding hydrogens is 250 g/mol. The van der Waals surface area contributed by atoms with E-state index in [4.69, 9.17) is 0 Å². The standard InChI is InChI=1S/C16H23N3O/c1-13-12-17-7-4-15(13)18-10-5-14(6-11-18)16(20)19-8-2-3-9-19/h4,7,12,14H,2-3,5-6,8-11H2,1H3. The van der Waals surface area contributed by atoms with Crippen LogP contribution in [0.5, 0.6) is 0 Å². The Hall–Kier alpha value is -1.58. The molecule has 2 aliphatic rings. The van der Waals surface area contributed by atoms with E-state index in [1.807, 2.05) is 12.4 Å². The largest absolute Gasteiger partial charge is 0.371 e. The summed E-state index contributed by atoms with van der Waals surface area (Å²) in [7, 11) is 0. The average molecular weight is 273 g/mol. The Morgan fingerprint density at radius 1 is 1.20 bits per heavy atom. The Bertz CT molecular complexity index is 474. The van der Waals surface area contributed by atoms with Gasteiger partial charge >= 0.3 is 0 Å². The molecule has 108 valence electrons. The van der Waals surface area contributed by atoms with Crippen molar-refractivity contribution in [3.8, 4) is 0 Å². The first-order chi connectivity index (χ1) is 9.75. The first kappa shape index (κ1) is 13.4. The van der Waals surface area contributed by atoms with Crippen LogP contribution in [0, 0.1) is 12.8 Å². The predicted octanol–water partition coefficient (Wildman–Crippen LogP) is 2.23. The van der Waals surface area contributed by atoms with E-state index in [0.717, 1.165) is 39.0 Å². The molecule has 3 heterocycles. The summed E-state index contributed by atoms with van der Waals surface area (Å²) in [5, 5.41) is 0. The number of hydrogen-bond donors (Lipinski definition) is 0. The highest BCUT2D eigenvalue weighted by Crippen LogP contribution is 2.27. The van der Waals surface area contributed by atoms with Gasteiger partial charge in [-0.15, -0.1) is 0 Å². The van der Waals surface area contributed by atoms with Gasteiger partial charge in [-0.25, -0.2) is 0 Å². The van der Waals surface area contributed by atoms with E-state index in [1.165, 1.54) is 24.1 Å². The van der Waals surface area contributed by atoms with E-state index in [-0.39, 0.29) is 5.92 Å². The second-order valence-electron chi connectivity index (χ2n) is 5.96. The van der Waals surface area contributed by atoms with E-state index >= 15 is 0 Å². The molecule has 0 unspecified atom stereocenters. The summed E-state index contributed by atoms with van der Waals surface area (Å²) in [5.41, 5.74) is 2.49. The zero-order chi connectivity index (χ0) is 13.9. The molecule has 1 amide bonds. The Morgan fingerprint density at radius 3 is 2.55 bits per heavy atom. The lowest BCUT2D eigenvalue weighted by atomic mass is 9.94. The fraction of sp³-hybridized carbons (Fsp3) is 0.625. The molecule has 3 rings (SSSR count). The van der Waals surface area contributed by atoms with Gasteiger partial charge in [-0.2, -0.15) is 0 Å². The number of nitrogens with zero attached hydrogens (tertiary/aromatic N) is 3. The molecule has 0 spiro atoms. The molecule has 20 heavy (non-hydrogen) atoms. The second kappa shape index (κ2) is 5.81. The first-order valence-electron chi connectivity index (χ1n) is 7.70. The number of carbonyl (C=O) groups is 1. The Morgan fingerprint density at radius 2 is 1.90 bits per heavy atom. The summed E-state index contributed by atoms with van der Waals surface area (Å²) in [6.45, 7) is 6.01. The van der Waals surface area contributed by atoms with Crippen LogP contribution in [0.15, 0.2) is 18.5 Å². The summed E-state index contributed by atoms with van der Waals surface area (Å²) < 4.78 is 0. The van der Waals surface area contributed by atoms with E-state index in [0.29, 0.717) is 5.91 Å². The molecule has 2 saturated heterocycles. The molecule has 0 aliphatic carbocycles. The number of rotatable bonds is 2. The summed E-state index contributed by atoms with van der Waals surface area (Å²) in [6.07, 6.45) is 8.09. The van der Waals surface area contributed by atoms with Crippen LogP contribution < -0.4 is 4.90 Å². The van der Waals surface area contributed by atoms with Crippen LogP contribution in [-0.4, -0.2) is 42.0 Å². The van der Waals surface area contributed by atoms with Crippen molar-refractivity contribution in [3.63, 3.8) is 0 Å². The third-order valence-electron chi connectivity index (χ3n) is 4.59. The third-order valence-corrected chi connectivity index (χ3v) is 4.59. The minimum atomic E-state index is 0.242. The van der Waals surface area contributed by atoms with Gasteiger partial charge in [0.15, 0.2) is 0 Å². The Labute approximate surface area is 120 Å². The molecule has 2 fully saturated rings. The molecule has 0 saturated carbocycles. The molecule has 0 bridgehead atoms. The zero-order valence-electron chi connectivity index (χ0n) is 12.2. The Kier molecular flexibility index (Phi) is 3.90. The molecule has 1 aromatic rings. The maximum Gasteiger partial charge on any atom is 0.225 e. The van der Waals surface area contributed by atoms with Crippen molar-refractivity contribution in [3.05, 3.63) is 24.0 Å². The molecule has 4 heteroatoms. The van der Waals surface area contributed by atoms with Crippen molar-refractivity contribution in [2.45, 2.75) is 32.6 Å². The van der Waals surface area contributed by atoms with Crippen LogP contribution in [0.3, 0.4) is 0 Å². The monoisotopic (exact) mass is 273 g/mol. The first-order valence-corrected chi connectivity index (χ1v) is 7.70. The van der Waals surface area contributed by atoms with Gasteiger partial charge in [-0.05, 0) is 44.2 Å². The van der Waals surface area contributed by atoms with Crippen molar-refractivity contribution < 1.29 is 4.79 Å². The second-order valence-corrected chi connectivity index (χ2v) is 5.96. The minimum Gasteiger partial charge on any atom is -0.371 e. The number of aryl methyl sites for hydroxylation is 1. The molecule has 0 N–H and O–H groups in total. The molecular formula is C16H23N3O. The van der Waals surface area contributed by atoms with Crippen LogP contribution in [-0.2, 0) is 4.79 Å². The van der Waals surface area contributed by atoms with Crippen LogP contribution in [0.25, 0.3) is 0 Å². The van der Waals surface area contributed by atoms with Crippen LogP contribution in [0.2, 0.25) is 0 Å². The number of hydrogen-bond acceptors (Lipinski definition) is 3. The topological polar surface area (TPSA) is 36.4 Å². The van der Waals surface area contributed by atoms with Gasteiger partial charge in [0.25, 0.3) is 0 Å². The molecule has 4 nitrogen and oxygen atoms in total. The average Bonchev–Trinajstić information content (AvgIpc) is 3.01. The van der Waals surface area contributed by atoms with E-state index in [2.05, 4.69) is 27.8 Å². The lowest BCUT2D eigenvalue weighted by molar-refractivity contribution is -0.135. The number of aromatic nitrogens is 1. The fourth-order valence-electron chi connectivity index (χ4n) is 3.38. The highest BCUT2D eigenvalue weighted by atomic mass is 16.2. The highest BCUT2D eigenvalue weighted by Gasteiger charge is 2.30. The lowest BCUT2D eigenvalue weighted by Crippen LogP contribution is -2.41. The van der Waals surface area contributed by atoms with E-state index < -0.39 is 0 Å². The number of likely N-dealkylation sites (tertiary alicyclic amines) is 1. The molecule has 0 atom stereocenters. The zero-order valence-corrected chi connectivity index (χ0v) is 12.2. The lowest BCUT2D eigenvalue weighted by Gasteiger charge is -2.35. The molecule has 0 aromatic carbocycles. The molecule has 2 aliphatic heterocycles. The van der Waals surface area contributed by atoms with Crippen molar-refractivity contribution in [2.24, 2.45) is 5.92 Å². The molecule has 0 radical (unpaired) electrons. The number of anilines is 1. The van der Waals surface area contributed by atoms with Gasteiger partial charge in [0.05, 0.1) is 0 Å². The number of amides is 1. The van der Waals surface area contributed by atoms with Crippen molar-refractivity contribution in [1.29, 1.82) is 0 Å². The third kappa shape index (κ3) is 2.65. The van der Waals surface area contributed by atoms with Gasteiger partial charge in [0.1, 0.15) is 0 Å². The summed E-state index contributed by atoms with van der Waals surface area (Å²) in [5.74, 6) is 0.639. The predicted molar refractivity (Wildman–Crippen MR) is 79.7 cm³/mol. The molecule has 1 aromatic heterocycles. The number of pyridine rings is 1. The van der Waals surface area contributed by atoms with Crippen LogP contribution in [0.1, 0.15) is 31.2 Å². The Balaban J connectivity index is 1.59. The maximum absolute atomic E-state index is 12.4. The van der Waals surface area contributed by atoms with Gasteiger partial charge in [-0.3, -0.25) is 9.78 Å². The fourth-order valence-corrected chi connectivity index (χ4v) is 3.38. The van der Waals surface area contributed by atoms with Crippen LogP contribution in [0.4, 0.5) is 5.69 Å². The maximum atomic E-state index is 12.4. The smallest absolute Gasteiger partial charge is 0.225 e. The normalized spacial score (nSPS) is 20.4. The minimum absolute atomic E-state index is 0.242. The van der Waals surface area contributed by atoms with Gasteiger partial charge in [0, 0.05) is 50.2 Å². The quantitative estimate of drug-likeness (QED) is 0.829. The number of piperidine rings is 1. The van der Waals surface area contributed by atoms with E-state index in [9.17, 15) is 4.79 Å². The van der Waals surface area contributed by atoms with Crippen LogP contribution >= 0.6 is 0 Å². The summed E-state index contributed by atoms with van der Waals surface area (Å²) in [6, 6.07) is 2.08. The SMILES string of the molecule is Cc1cnccc1N1CCC(C(=O)N2CCCC2)CC1. The summed E-state index contributed by atoms with van der Waals surface area (Å²) >= 11 is 0. The van der Waals surface area contributed by atoms with Crippen molar-refractivity contribution in [1.82, 2.24) is 9.88 Å². The number of carbonyl (C=O) groups excluding carboxylic acids is 1.